The monoisotopic (exact) mass is 358 g/mol. The summed E-state index contributed by atoms with van der Waals surface area (Å²) >= 11 is 0. The van der Waals surface area contributed by atoms with Gasteiger partial charge in [-0.3, -0.25) is 4.79 Å². The molecule has 1 unspecified atom stereocenters. The van der Waals surface area contributed by atoms with Crippen molar-refractivity contribution in [2.75, 3.05) is 11.9 Å². The first kappa shape index (κ1) is 16.4. The number of rotatable bonds is 5. The van der Waals surface area contributed by atoms with Crippen molar-refractivity contribution in [3.63, 3.8) is 0 Å². The first-order valence-corrected chi connectivity index (χ1v) is 9.83. The molecular weight excluding hydrogens is 332 g/mol. The van der Waals surface area contributed by atoms with E-state index >= 15 is 0 Å². The molecule has 2 aliphatic carbocycles. The molecular formula is C19H26N4O3. The molecule has 1 spiro atoms. The number of anilines is 1. The molecule has 4 aliphatic rings. The van der Waals surface area contributed by atoms with Gasteiger partial charge in [-0.15, -0.1) is 0 Å². The highest BCUT2D eigenvalue weighted by molar-refractivity contribution is 5.81. The van der Waals surface area contributed by atoms with Crippen LogP contribution in [0.15, 0.2) is 6.33 Å². The standard InChI is InChI=1S/C19H26N4O3/c24-18(16-2-5-19(26-16)3-1-4-19)20-8-12-6-13(7-12)23-17-14-9-25-10-15(14)21-11-22-17/h11-13,16H,1-10H2,(H,20,24)(H,21,22,23). The van der Waals surface area contributed by atoms with E-state index in [2.05, 4.69) is 20.6 Å². The van der Waals surface area contributed by atoms with E-state index in [9.17, 15) is 4.79 Å². The summed E-state index contributed by atoms with van der Waals surface area (Å²) in [6.45, 7) is 1.92. The summed E-state index contributed by atoms with van der Waals surface area (Å²) in [5, 5.41) is 6.61. The van der Waals surface area contributed by atoms with Crippen LogP contribution in [0.1, 0.15) is 56.2 Å². The van der Waals surface area contributed by atoms with E-state index in [4.69, 9.17) is 9.47 Å². The molecule has 7 heteroatoms. The molecule has 1 aromatic rings. The number of nitrogens with one attached hydrogen (secondary N) is 2. The number of amides is 1. The Bertz CT molecular complexity index is 700. The zero-order valence-electron chi connectivity index (χ0n) is 15.0. The van der Waals surface area contributed by atoms with Gasteiger partial charge in [-0.2, -0.15) is 0 Å². The number of aromatic nitrogens is 2. The summed E-state index contributed by atoms with van der Waals surface area (Å²) in [5.41, 5.74) is 2.13. The summed E-state index contributed by atoms with van der Waals surface area (Å²) in [6, 6.07) is 0.414. The zero-order chi connectivity index (χ0) is 17.6. The van der Waals surface area contributed by atoms with Gasteiger partial charge in [0, 0.05) is 18.2 Å². The van der Waals surface area contributed by atoms with Gasteiger partial charge >= 0.3 is 0 Å². The Balaban J connectivity index is 1.05. The van der Waals surface area contributed by atoms with Gasteiger partial charge in [0.1, 0.15) is 18.2 Å². The first-order valence-electron chi connectivity index (χ1n) is 9.83. The fraction of sp³-hybridized carbons (Fsp3) is 0.737. The molecule has 26 heavy (non-hydrogen) atoms. The van der Waals surface area contributed by atoms with Crippen LogP contribution in [0.3, 0.4) is 0 Å². The topological polar surface area (TPSA) is 85.4 Å². The van der Waals surface area contributed by atoms with Crippen LogP contribution in [0.25, 0.3) is 0 Å². The highest BCUT2D eigenvalue weighted by Crippen LogP contribution is 2.45. The molecule has 1 saturated heterocycles. The second-order valence-electron chi connectivity index (χ2n) is 8.25. The second kappa shape index (κ2) is 6.46. The lowest BCUT2D eigenvalue weighted by molar-refractivity contribution is -0.144. The Morgan fingerprint density at radius 1 is 1.23 bits per heavy atom. The Kier molecular flexibility index (Phi) is 4.09. The SMILES string of the molecule is O=C(NCC1CC(Nc2ncnc3c2COC3)C1)C1CCC2(CCC2)O1. The Labute approximate surface area is 153 Å². The van der Waals surface area contributed by atoms with Crippen LogP contribution >= 0.6 is 0 Å². The third-order valence-corrected chi connectivity index (χ3v) is 6.47. The van der Waals surface area contributed by atoms with Crippen LogP contribution in [0, 0.1) is 5.92 Å². The van der Waals surface area contributed by atoms with Crippen molar-refractivity contribution in [3.05, 3.63) is 17.6 Å². The normalized spacial score (nSPS) is 31.2. The Morgan fingerprint density at radius 3 is 2.88 bits per heavy atom. The molecule has 0 bridgehead atoms. The molecule has 5 rings (SSSR count). The minimum atomic E-state index is -0.229. The van der Waals surface area contributed by atoms with Crippen LogP contribution in [-0.4, -0.2) is 40.2 Å². The van der Waals surface area contributed by atoms with E-state index < -0.39 is 0 Å². The molecule has 1 atom stereocenters. The summed E-state index contributed by atoms with van der Waals surface area (Å²) in [4.78, 5) is 21.0. The number of fused-ring (bicyclic) bond motifs is 1. The fourth-order valence-electron chi connectivity index (χ4n) is 4.61. The average molecular weight is 358 g/mol. The summed E-state index contributed by atoms with van der Waals surface area (Å²) in [6.07, 6.45) is 8.90. The van der Waals surface area contributed by atoms with Crippen molar-refractivity contribution in [1.82, 2.24) is 15.3 Å². The average Bonchev–Trinajstić information content (AvgIpc) is 3.23. The fourth-order valence-corrected chi connectivity index (χ4v) is 4.61. The molecule has 1 amide bonds. The van der Waals surface area contributed by atoms with Crippen molar-refractivity contribution in [3.8, 4) is 0 Å². The Morgan fingerprint density at radius 2 is 2.12 bits per heavy atom. The molecule has 3 heterocycles. The van der Waals surface area contributed by atoms with E-state index in [1.54, 1.807) is 6.33 Å². The van der Waals surface area contributed by atoms with Crippen molar-refractivity contribution in [2.24, 2.45) is 5.92 Å². The van der Waals surface area contributed by atoms with Crippen molar-refractivity contribution in [2.45, 2.75) is 75.9 Å². The number of hydrogen-bond donors (Lipinski definition) is 2. The number of carbonyl (C=O) groups is 1. The van der Waals surface area contributed by atoms with E-state index in [1.807, 2.05) is 0 Å². The summed E-state index contributed by atoms with van der Waals surface area (Å²) in [5.74, 6) is 1.52. The van der Waals surface area contributed by atoms with Crippen LogP contribution in [0.2, 0.25) is 0 Å². The second-order valence-corrected chi connectivity index (χ2v) is 8.25. The predicted octanol–water partition coefficient (Wildman–Crippen LogP) is 1.92. The van der Waals surface area contributed by atoms with Crippen molar-refractivity contribution < 1.29 is 14.3 Å². The third kappa shape index (κ3) is 2.97. The molecule has 1 aromatic heterocycles. The van der Waals surface area contributed by atoms with Gasteiger partial charge in [-0.05, 0) is 50.9 Å². The van der Waals surface area contributed by atoms with Gasteiger partial charge in [-0.25, -0.2) is 9.97 Å². The van der Waals surface area contributed by atoms with Crippen molar-refractivity contribution in [1.29, 1.82) is 0 Å². The number of hydrogen-bond acceptors (Lipinski definition) is 6. The lowest BCUT2D eigenvalue weighted by Gasteiger charge is -2.38. The number of ether oxygens (including phenoxy) is 2. The quantitative estimate of drug-likeness (QED) is 0.836. The number of carbonyl (C=O) groups excluding carboxylic acids is 1. The zero-order valence-corrected chi connectivity index (χ0v) is 15.0. The van der Waals surface area contributed by atoms with Gasteiger partial charge in [0.25, 0.3) is 0 Å². The van der Waals surface area contributed by atoms with E-state index in [-0.39, 0.29) is 17.6 Å². The van der Waals surface area contributed by atoms with Gasteiger partial charge in [-0.1, -0.05) is 0 Å². The molecule has 0 aromatic carbocycles. The van der Waals surface area contributed by atoms with E-state index in [1.165, 1.54) is 6.42 Å². The molecule has 2 aliphatic heterocycles. The molecule has 2 N–H and O–H groups in total. The molecule has 2 saturated carbocycles. The van der Waals surface area contributed by atoms with Crippen LogP contribution < -0.4 is 10.6 Å². The molecule has 140 valence electrons. The lowest BCUT2D eigenvalue weighted by atomic mass is 9.78. The summed E-state index contributed by atoms with van der Waals surface area (Å²) < 4.78 is 11.5. The number of nitrogens with zero attached hydrogens (tertiary/aromatic N) is 2. The maximum atomic E-state index is 12.3. The molecule has 7 nitrogen and oxygen atoms in total. The van der Waals surface area contributed by atoms with Gasteiger partial charge in [0.05, 0.1) is 24.5 Å². The van der Waals surface area contributed by atoms with Crippen LogP contribution in [0.4, 0.5) is 5.82 Å². The van der Waals surface area contributed by atoms with Crippen LogP contribution in [0.5, 0.6) is 0 Å². The predicted molar refractivity (Wildman–Crippen MR) is 94.4 cm³/mol. The van der Waals surface area contributed by atoms with Gasteiger partial charge < -0.3 is 20.1 Å². The summed E-state index contributed by atoms with van der Waals surface area (Å²) in [7, 11) is 0. The first-order chi connectivity index (χ1) is 12.7. The van der Waals surface area contributed by atoms with Crippen molar-refractivity contribution >= 4 is 11.7 Å². The highest BCUT2D eigenvalue weighted by Gasteiger charge is 2.46. The van der Waals surface area contributed by atoms with Crippen LogP contribution in [-0.2, 0) is 27.5 Å². The van der Waals surface area contributed by atoms with Gasteiger partial charge in [0.2, 0.25) is 5.91 Å². The minimum Gasteiger partial charge on any atom is -0.370 e. The van der Waals surface area contributed by atoms with Gasteiger partial charge in [0.15, 0.2) is 0 Å². The molecule has 3 fully saturated rings. The minimum absolute atomic E-state index is 0.0506. The van der Waals surface area contributed by atoms with E-state index in [0.717, 1.165) is 62.1 Å². The smallest absolute Gasteiger partial charge is 0.249 e. The maximum absolute atomic E-state index is 12.3. The highest BCUT2D eigenvalue weighted by atomic mass is 16.5. The lowest BCUT2D eigenvalue weighted by Crippen LogP contribution is -2.45. The molecule has 0 radical (unpaired) electrons. The Hall–Kier alpha value is -1.73. The third-order valence-electron chi connectivity index (χ3n) is 6.47. The van der Waals surface area contributed by atoms with E-state index in [0.29, 0.717) is 25.2 Å². The maximum Gasteiger partial charge on any atom is 0.249 e. The largest absolute Gasteiger partial charge is 0.370 e.